The second-order valence-electron chi connectivity index (χ2n) is 7.25. The second kappa shape index (κ2) is 7.48. The van der Waals surface area contributed by atoms with Gasteiger partial charge < -0.3 is 9.64 Å². The monoisotopic (exact) mass is 350 g/mol. The average Bonchev–Trinajstić information content (AvgIpc) is 2.85. The topological polar surface area (TPSA) is 42.4 Å². The van der Waals surface area contributed by atoms with E-state index in [1.807, 2.05) is 18.0 Å². The minimum absolute atomic E-state index is 0.175. The molecular formula is C22H26N2O2. The second-order valence-corrected chi connectivity index (χ2v) is 7.25. The number of aromatic nitrogens is 1. The van der Waals surface area contributed by atoms with E-state index in [0.717, 1.165) is 38.8 Å². The Balaban J connectivity index is 1.63. The summed E-state index contributed by atoms with van der Waals surface area (Å²) in [6.07, 6.45) is 5.87. The fraction of sp³-hybridized carbons (Fsp3) is 0.455. The van der Waals surface area contributed by atoms with Gasteiger partial charge in [-0.05, 0) is 61.3 Å². The summed E-state index contributed by atoms with van der Waals surface area (Å²) in [5.41, 5.74) is 5.50. The van der Waals surface area contributed by atoms with E-state index in [4.69, 9.17) is 9.72 Å². The molecule has 1 unspecified atom stereocenters. The van der Waals surface area contributed by atoms with Gasteiger partial charge in [0.2, 0.25) is 0 Å². The number of hydrogen-bond acceptors (Lipinski definition) is 3. The maximum atomic E-state index is 12.0. The lowest BCUT2D eigenvalue weighted by Gasteiger charge is -2.36. The third-order valence-electron chi connectivity index (χ3n) is 5.81. The van der Waals surface area contributed by atoms with Crippen molar-refractivity contribution in [1.82, 2.24) is 9.88 Å². The van der Waals surface area contributed by atoms with Crippen LogP contribution in [0, 0.1) is 5.92 Å². The van der Waals surface area contributed by atoms with Crippen LogP contribution in [-0.4, -0.2) is 35.7 Å². The molecule has 4 heteroatoms. The van der Waals surface area contributed by atoms with E-state index in [9.17, 15) is 4.79 Å². The molecule has 1 aromatic heterocycles. The number of nitrogens with zero attached hydrogens (tertiary/aromatic N) is 2. The lowest BCUT2D eigenvalue weighted by molar-refractivity contribution is 0.0900. The van der Waals surface area contributed by atoms with Gasteiger partial charge in [0.15, 0.2) is 0 Å². The highest BCUT2D eigenvalue weighted by atomic mass is 16.6. The maximum Gasteiger partial charge on any atom is 0.409 e. The third kappa shape index (κ3) is 3.20. The largest absolute Gasteiger partial charge is 0.450 e. The molecule has 4 rings (SSSR count). The Hall–Kier alpha value is -2.36. The molecule has 1 atom stereocenters. The standard InChI is InChI=1S/C22H26N2O2/c1-2-26-22(25)24-14-11-17(12-15-24)20-19-8-4-3-6-16(19)9-10-18-7-5-13-23-21(18)20/h3-8,13,17,20H,2,9-12,14-15H2,1H3. The number of aryl methyl sites for hydroxylation is 2. The number of benzene rings is 1. The molecule has 2 aliphatic rings. The molecule has 0 spiro atoms. The van der Waals surface area contributed by atoms with E-state index >= 15 is 0 Å². The summed E-state index contributed by atoms with van der Waals surface area (Å²) in [5.74, 6) is 0.836. The van der Waals surface area contributed by atoms with Crippen LogP contribution < -0.4 is 0 Å². The molecule has 1 amide bonds. The smallest absolute Gasteiger partial charge is 0.409 e. The molecule has 2 aromatic rings. The van der Waals surface area contributed by atoms with Crippen molar-refractivity contribution in [3.05, 3.63) is 65.0 Å². The van der Waals surface area contributed by atoms with E-state index in [2.05, 4.69) is 36.4 Å². The maximum absolute atomic E-state index is 12.0. The molecule has 1 aromatic carbocycles. The highest BCUT2D eigenvalue weighted by Gasteiger charge is 2.34. The molecule has 0 bridgehead atoms. The average molecular weight is 350 g/mol. The van der Waals surface area contributed by atoms with Crippen LogP contribution in [0.4, 0.5) is 4.79 Å². The number of likely N-dealkylation sites (tertiary alicyclic amines) is 1. The third-order valence-corrected chi connectivity index (χ3v) is 5.81. The normalized spacial score (nSPS) is 20.0. The lowest BCUT2D eigenvalue weighted by atomic mass is 9.76. The highest BCUT2D eigenvalue weighted by molar-refractivity contribution is 5.67. The fourth-order valence-electron chi connectivity index (χ4n) is 4.53. The van der Waals surface area contributed by atoms with Crippen molar-refractivity contribution in [1.29, 1.82) is 0 Å². The fourth-order valence-corrected chi connectivity index (χ4v) is 4.53. The summed E-state index contributed by atoms with van der Waals surface area (Å²) in [5, 5.41) is 0. The zero-order valence-corrected chi connectivity index (χ0v) is 15.4. The van der Waals surface area contributed by atoms with Gasteiger partial charge in [-0.2, -0.15) is 0 Å². The Morgan fingerprint density at radius 2 is 1.85 bits per heavy atom. The van der Waals surface area contributed by atoms with Crippen LogP contribution in [0.1, 0.15) is 48.1 Å². The zero-order chi connectivity index (χ0) is 17.9. The summed E-state index contributed by atoms with van der Waals surface area (Å²) >= 11 is 0. The van der Waals surface area contributed by atoms with Gasteiger partial charge in [0.05, 0.1) is 12.3 Å². The van der Waals surface area contributed by atoms with Gasteiger partial charge >= 0.3 is 6.09 Å². The van der Waals surface area contributed by atoms with Crippen molar-refractivity contribution in [2.24, 2.45) is 5.92 Å². The van der Waals surface area contributed by atoms with E-state index in [0.29, 0.717) is 18.4 Å². The van der Waals surface area contributed by atoms with Gasteiger partial charge in [0, 0.05) is 25.2 Å². The van der Waals surface area contributed by atoms with Crippen LogP contribution in [0.15, 0.2) is 42.6 Å². The zero-order valence-electron chi connectivity index (χ0n) is 15.4. The van der Waals surface area contributed by atoms with Crippen LogP contribution in [0.25, 0.3) is 0 Å². The summed E-state index contributed by atoms with van der Waals surface area (Å²) in [6.45, 7) is 3.83. The Morgan fingerprint density at radius 1 is 1.12 bits per heavy atom. The van der Waals surface area contributed by atoms with Gasteiger partial charge in [0.1, 0.15) is 0 Å². The number of piperidine rings is 1. The Labute approximate surface area is 155 Å². The van der Waals surface area contributed by atoms with E-state index in [1.165, 1.54) is 22.4 Å². The van der Waals surface area contributed by atoms with Crippen LogP contribution >= 0.6 is 0 Å². The predicted molar refractivity (Wildman–Crippen MR) is 101 cm³/mol. The number of ether oxygens (including phenoxy) is 1. The minimum Gasteiger partial charge on any atom is -0.450 e. The van der Waals surface area contributed by atoms with Crippen molar-refractivity contribution in [3.8, 4) is 0 Å². The summed E-state index contributed by atoms with van der Waals surface area (Å²) in [7, 11) is 0. The molecular weight excluding hydrogens is 324 g/mol. The van der Waals surface area contributed by atoms with Crippen molar-refractivity contribution in [3.63, 3.8) is 0 Å². The Kier molecular flexibility index (Phi) is 4.91. The molecule has 2 heterocycles. The molecule has 1 saturated heterocycles. The van der Waals surface area contributed by atoms with Gasteiger partial charge in [0.25, 0.3) is 0 Å². The molecule has 4 nitrogen and oxygen atoms in total. The summed E-state index contributed by atoms with van der Waals surface area (Å²) in [4.78, 5) is 18.7. The number of carbonyl (C=O) groups excluding carboxylic acids is 1. The van der Waals surface area contributed by atoms with Crippen molar-refractivity contribution in [2.75, 3.05) is 19.7 Å². The number of fused-ring (bicyclic) bond motifs is 2. The minimum atomic E-state index is -0.175. The number of pyridine rings is 1. The molecule has 136 valence electrons. The first-order valence-corrected chi connectivity index (χ1v) is 9.71. The first kappa shape index (κ1) is 17.1. The molecule has 0 saturated carbocycles. The number of amides is 1. The Bertz CT molecular complexity index is 734. The first-order chi connectivity index (χ1) is 12.8. The van der Waals surface area contributed by atoms with E-state index in [-0.39, 0.29) is 6.09 Å². The molecule has 0 N–H and O–H groups in total. The lowest BCUT2D eigenvalue weighted by Crippen LogP contribution is -2.40. The number of rotatable bonds is 2. The van der Waals surface area contributed by atoms with Crippen LogP contribution in [-0.2, 0) is 17.6 Å². The molecule has 0 radical (unpaired) electrons. The van der Waals surface area contributed by atoms with Crippen LogP contribution in [0.5, 0.6) is 0 Å². The van der Waals surface area contributed by atoms with Gasteiger partial charge in [-0.15, -0.1) is 0 Å². The van der Waals surface area contributed by atoms with Crippen LogP contribution in [0.3, 0.4) is 0 Å². The van der Waals surface area contributed by atoms with Crippen molar-refractivity contribution in [2.45, 2.75) is 38.5 Å². The summed E-state index contributed by atoms with van der Waals surface area (Å²) in [6, 6.07) is 13.1. The predicted octanol–water partition coefficient (Wildman–Crippen LogP) is 4.18. The molecule has 1 aliphatic carbocycles. The first-order valence-electron chi connectivity index (χ1n) is 9.71. The molecule has 1 fully saturated rings. The Morgan fingerprint density at radius 3 is 2.65 bits per heavy atom. The van der Waals surface area contributed by atoms with Crippen LogP contribution in [0.2, 0.25) is 0 Å². The van der Waals surface area contributed by atoms with Gasteiger partial charge in [-0.3, -0.25) is 4.98 Å². The van der Waals surface area contributed by atoms with Crippen molar-refractivity contribution >= 4 is 6.09 Å². The van der Waals surface area contributed by atoms with E-state index < -0.39 is 0 Å². The number of carbonyl (C=O) groups is 1. The van der Waals surface area contributed by atoms with E-state index in [1.54, 1.807) is 0 Å². The van der Waals surface area contributed by atoms with Crippen molar-refractivity contribution < 1.29 is 9.53 Å². The SMILES string of the molecule is CCOC(=O)N1CCC(C2c3ccccc3CCc3cccnc32)CC1. The summed E-state index contributed by atoms with van der Waals surface area (Å²) < 4.78 is 5.17. The number of hydrogen-bond donors (Lipinski definition) is 0. The molecule has 26 heavy (non-hydrogen) atoms. The quantitative estimate of drug-likeness (QED) is 0.816. The van der Waals surface area contributed by atoms with Gasteiger partial charge in [-0.25, -0.2) is 4.79 Å². The van der Waals surface area contributed by atoms with Gasteiger partial charge in [-0.1, -0.05) is 30.3 Å². The molecule has 1 aliphatic heterocycles. The highest BCUT2D eigenvalue weighted by Crippen LogP contribution is 2.42.